The van der Waals surface area contributed by atoms with Crippen molar-refractivity contribution >= 4 is 21.9 Å². The number of rotatable bonds is 7. The van der Waals surface area contributed by atoms with E-state index in [1.54, 1.807) is 6.92 Å². The SMILES string of the molecule is CCCC(=O)NS(=O)(=O)c1ccc(OC)cc1CC(=O)OC. The molecule has 0 radical (unpaired) electrons. The molecule has 1 aromatic rings. The van der Waals surface area contributed by atoms with Crippen molar-refractivity contribution in [1.82, 2.24) is 4.72 Å². The Labute approximate surface area is 129 Å². The van der Waals surface area contributed by atoms with Crippen LogP contribution in [-0.2, 0) is 30.8 Å². The molecule has 0 saturated carbocycles. The van der Waals surface area contributed by atoms with Gasteiger partial charge in [0.05, 0.1) is 25.5 Å². The van der Waals surface area contributed by atoms with Gasteiger partial charge in [0.15, 0.2) is 0 Å². The van der Waals surface area contributed by atoms with Crippen LogP contribution in [0, 0.1) is 0 Å². The van der Waals surface area contributed by atoms with Crippen molar-refractivity contribution in [2.75, 3.05) is 14.2 Å². The predicted molar refractivity (Wildman–Crippen MR) is 79.0 cm³/mol. The molecule has 22 heavy (non-hydrogen) atoms. The van der Waals surface area contributed by atoms with Crippen LogP contribution in [0.5, 0.6) is 5.75 Å². The first kappa shape index (κ1) is 18.0. The third-order valence-corrected chi connectivity index (χ3v) is 4.32. The van der Waals surface area contributed by atoms with E-state index in [1.165, 1.54) is 32.4 Å². The summed E-state index contributed by atoms with van der Waals surface area (Å²) in [6.07, 6.45) is 0.382. The number of nitrogens with one attached hydrogen (secondary N) is 1. The highest BCUT2D eigenvalue weighted by molar-refractivity contribution is 7.90. The van der Waals surface area contributed by atoms with Crippen molar-refractivity contribution in [3.05, 3.63) is 23.8 Å². The molecule has 0 aliphatic carbocycles. The van der Waals surface area contributed by atoms with Gasteiger partial charge in [0, 0.05) is 6.42 Å². The fraction of sp³-hybridized carbons (Fsp3) is 0.429. The molecule has 0 bridgehead atoms. The number of methoxy groups -OCH3 is 2. The summed E-state index contributed by atoms with van der Waals surface area (Å²) in [4.78, 5) is 22.8. The van der Waals surface area contributed by atoms with Gasteiger partial charge in [0.2, 0.25) is 5.91 Å². The lowest BCUT2D eigenvalue weighted by Crippen LogP contribution is -2.31. The maximum absolute atomic E-state index is 12.3. The van der Waals surface area contributed by atoms with Crippen molar-refractivity contribution in [2.45, 2.75) is 31.1 Å². The molecular formula is C14H19NO6S. The Bertz CT molecular complexity index is 653. The molecule has 0 spiro atoms. The number of hydrogen-bond acceptors (Lipinski definition) is 6. The van der Waals surface area contributed by atoms with Gasteiger partial charge in [-0.15, -0.1) is 0 Å². The van der Waals surface area contributed by atoms with Gasteiger partial charge in [-0.1, -0.05) is 6.92 Å². The normalized spacial score (nSPS) is 10.9. The molecule has 8 heteroatoms. The molecule has 0 unspecified atom stereocenters. The van der Waals surface area contributed by atoms with Crippen LogP contribution in [0.25, 0.3) is 0 Å². The molecule has 0 fully saturated rings. The van der Waals surface area contributed by atoms with Gasteiger partial charge in [-0.25, -0.2) is 13.1 Å². The summed E-state index contributed by atoms with van der Waals surface area (Å²) in [7, 11) is -1.42. The van der Waals surface area contributed by atoms with Crippen LogP contribution in [-0.4, -0.2) is 34.5 Å². The summed E-state index contributed by atoms with van der Waals surface area (Å²) in [5, 5.41) is 0. The quantitative estimate of drug-likeness (QED) is 0.750. The van der Waals surface area contributed by atoms with Crippen LogP contribution in [0.4, 0.5) is 0 Å². The molecule has 0 aromatic heterocycles. The monoisotopic (exact) mass is 329 g/mol. The average Bonchev–Trinajstić information content (AvgIpc) is 2.46. The Morgan fingerprint density at radius 1 is 1.23 bits per heavy atom. The molecule has 1 rings (SSSR count). The number of benzene rings is 1. The van der Waals surface area contributed by atoms with Crippen LogP contribution < -0.4 is 9.46 Å². The lowest BCUT2D eigenvalue weighted by molar-refractivity contribution is -0.139. The number of carbonyl (C=O) groups excluding carboxylic acids is 2. The van der Waals surface area contributed by atoms with Crippen LogP contribution >= 0.6 is 0 Å². The third kappa shape index (κ3) is 4.73. The number of hydrogen-bond donors (Lipinski definition) is 1. The minimum atomic E-state index is -4.05. The van der Waals surface area contributed by atoms with Crippen molar-refractivity contribution in [3.8, 4) is 5.75 Å². The second kappa shape index (κ2) is 7.79. The largest absolute Gasteiger partial charge is 0.497 e. The Kier molecular flexibility index (Phi) is 6.36. The number of carbonyl (C=O) groups is 2. The van der Waals surface area contributed by atoms with E-state index in [0.717, 1.165) is 0 Å². The van der Waals surface area contributed by atoms with Gasteiger partial charge in [-0.2, -0.15) is 0 Å². The maximum atomic E-state index is 12.3. The zero-order valence-electron chi connectivity index (χ0n) is 12.7. The number of amides is 1. The van der Waals surface area contributed by atoms with Crippen LogP contribution in [0.2, 0.25) is 0 Å². The van der Waals surface area contributed by atoms with E-state index in [0.29, 0.717) is 12.2 Å². The van der Waals surface area contributed by atoms with E-state index >= 15 is 0 Å². The average molecular weight is 329 g/mol. The van der Waals surface area contributed by atoms with Crippen LogP contribution in [0.15, 0.2) is 23.1 Å². The van der Waals surface area contributed by atoms with Crippen molar-refractivity contribution in [2.24, 2.45) is 0 Å². The van der Waals surface area contributed by atoms with E-state index in [1.807, 2.05) is 4.72 Å². The molecule has 0 atom stereocenters. The van der Waals surface area contributed by atoms with Crippen LogP contribution in [0.3, 0.4) is 0 Å². The van der Waals surface area contributed by atoms with E-state index in [-0.39, 0.29) is 23.3 Å². The Balaban J connectivity index is 3.21. The van der Waals surface area contributed by atoms with Crippen LogP contribution in [0.1, 0.15) is 25.3 Å². The molecule has 1 N–H and O–H groups in total. The molecule has 0 aliphatic heterocycles. The first-order valence-corrected chi connectivity index (χ1v) is 8.11. The highest BCUT2D eigenvalue weighted by Crippen LogP contribution is 2.22. The maximum Gasteiger partial charge on any atom is 0.310 e. The summed E-state index contributed by atoms with van der Waals surface area (Å²) >= 11 is 0. The summed E-state index contributed by atoms with van der Waals surface area (Å²) in [5.41, 5.74) is 0.197. The minimum absolute atomic E-state index is 0.0989. The van der Waals surface area contributed by atoms with E-state index in [4.69, 9.17) is 4.74 Å². The zero-order chi connectivity index (χ0) is 16.8. The van der Waals surface area contributed by atoms with Crippen molar-refractivity contribution in [1.29, 1.82) is 0 Å². The lowest BCUT2D eigenvalue weighted by Gasteiger charge is -2.12. The topological polar surface area (TPSA) is 98.8 Å². The second-order valence-electron chi connectivity index (χ2n) is 4.51. The van der Waals surface area contributed by atoms with Gasteiger partial charge < -0.3 is 9.47 Å². The smallest absolute Gasteiger partial charge is 0.310 e. The molecule has 0 saturated heterocycles. The predicted octanol–water partition coefficient (Wildman–Crippen LogP) is 1.02. The summed E-state index contributed by atoms with van der Waals surface area (Å²) in [6.45, 7) is 1.77. The molecule has 0 aliphatic rings. The van der Waals surface area contributed by atoms with E-state index in [2.05, 4.69) is 4.74 Å². The fourth-order valence-corrected chi connectivity index (χ4v) is 3.03. The Morgan fingerprint density at radius 3 is 2.45 bits per heavy atom. The molecule has 122 valence electrons. The van der Waals surface area contributed by atoms with Gasteiger partial charge in [0.1, 0.15) is 5.75 Å². The Hall–Kier alpha value is -2.09. The van der Waals surface area contributed by atoms with E-state index < -0.39 is 21.9 Å². The summed E-state index contributed by atoms with van der Waals surface area (Å²) < 4.78 is 36.1. The molecular weight excluding hydrogens is 310 g/mol. The Morgan fingerprint density at radius 2 is 1.91 bits per heavy atom. The second-order valence-corrected chi connectivity index (χ2v) is 6.16. The lowest BCUT2D eigenvalue weighted by atomic mass is 10.1. The molecule has 1 amide bonds. The van der Waals surface area contributed by atoms with Gasteiger partial charge >= 0.3 is 5.97 Å². The molecule has 0 heterocycles. The highest BCUT2D eigenvalue weighted by atomic mass is 32.2. The highest BCUT2D eigenvalue weighted by Gasteiger charge is 2.22. The minimum Gasteiger partial charge on any atom is -0.497 e. The zero-order valence-corrected chi connectivity index (χ0v) is 13.5. The summed E-state index contributed by atoms with van der Waals surface area (Å²) in [6, 6.07) is 4.16. The standard InChI is InChI=1S/C14H19NO6S/c1-4-5-13(16)15-22(18,19)12-7-6-11(20-2)8-10(12)9-14(17)21-3/h6-8H,4-5,9H2,1-3H3,(H,15,16). The molecule has 1 aromatic carbocycles. The van der Waals surface area contributed by atoms with Crippen molar-refractivity contribution < 1.29 is 27.5 Å². The molecule has 7 nitrogen and oxygen atoms in total. The first-order valence-electron chi connectivity index (χ1n) is 6.63. The van der Waals surface area contributed by atoms with Gasteiger partial charge in [-0.3, -0.25) is 9.59 Å². The number of esters is 1. The van der Waals surface area contributed by atoms with Gasteiger partial charge in [-0.05, 0) is 30.2 Å². The van der Waals surface area contributed by atoms with Crippen molar-refractivity contribution in [3.63, 3.8) is 0 Å². The number of sulfonamides is 1. The fourth-order valence-electron chi connectivity index (χ4n) is 1.79. The third-order valence-electron chi connectivity index (χ3n) is 2.84. The van der Waals surface area contributed by atoms with E-state index in [9.17, 15) is 18.0 Å². The number of ether oxygens (including phenoxy) is 2. The first-order chi connectivity index (χ1) is 10.3. The van der Waals surface area contributed by atoms with Gasteiger partial charge in [0.25, 0.3) is 10.0 Å². The summed E-state index contributed by atoms with van der Waals surface area (Å²) in [5.74, 6) is -0.787.